The Hall–Kier alpha value is -1.11. The summed E-state index contributed by atoms with van der Waals surface area (Å²) in [6.45, 7) is 9.14. The highest BCUT2D eigenvalue weighted by Gasteiger charge is 2.43. The zero-order valence-corrected chi connectivity index (χ0v) is 14.1. The molecule has 0 radical (unpaired) electrons. The maximum Gasteiger partial charge on any atom is 0.138 e. The van der Waals surface area contributed by atoms with Crippen LogP contribution >= 0.6 is 0 Å². The van der Waals surface area contributed by atoms with E-state index < -0.39 is 0 Å². The van der Waals surface area contributed by atoms with E-state index in [0.717, 1.165) is 32.1 Å². The minimum Gasteiger partial charge on any atom is -0.299 e. The summed E-state index contributed by atoms with van der Waals surface area (Å²) in [7, 11) is 0. The van der Waals surface area contributed by atoms with Gasteiger partial charge in [-0.25, -0.2) is 0 Å². The van der Waals surface area contributed by atoms with Crippen molar-refractivity contribution >= 4 is 5.78 Å². The van der Waals surface area contributed by atoms with Crippen LogP contribution in [-0.2, 0) is 11.2 Å². The van der Waals surface area contributed by atoms with Gasteiger partial charge in [-0.05, 0) is 49.0 Å². The minimum absolute atomic E-state index is 0.0994. The Morgan fingerprint density at radius 3 is 2.43 bits per heavy atom. The Morgan fingerprint density at radius 2 is 1.81 bits per heavy atom. The van der Waals surface area contributed by atoms with Gasteiger partial charge in [0.05, 0.1) is 0 Å². The van der Waals surface area contributed by atoms with Crippen molar-refractivity contribution in [2.45, 2.75) is 66.2 Å². The molecule has 21 heavy (non-hydrogen) atoms. The van der Waals surface area contributed by atoms with Crippen molar-refractivity contribution in [3.05, 3.63) is 35.9 Å². The predicted octanol–water partition coefficient (Wildman–Crippen LogP) is 5.43. The van der Waals surface area contributed by atoms with Crippen molar-refractivity contribution in [2.24, 2.45) is 16.7 Å². The molecule has 0 saturated heterocycles. The van der Waals surface area contributed by atoms with Gasteiger partial charge in [0.15, 0.2) is 0 Å². The van der Waals surface area contributed by atoms with Crippen LogP contribution in [0.1, 0.15) is 65.4 Å². The number of carbonyl (C=O) groups excluding carboxylic acids is 1. The highest BCUT2D eigenvalue weighted by Crippen LogP contribution is 2.49. The van der Waals surface area contributed by atoms with Crippen LogP contribution in [0.3, 0.4) is 0 Å². The van der Waals surface area contributed by atoms with Crippen LogP contribution in [0, 0.1) is 16.7 Å². The Bertz CT molecular complexity index is 474. The number of Topliss-reactive ketones (excluding diaryl/α,β-unsaturated/α-hetero) is 1. The second-order valence-electron chi connectivity index (χ2n) is 8.18. The van der Waals surface area contributed by atoms with E-state index in [2.05, 4.69) is 52.0 Å². The van der Waals surface area contributed by atoms with E-state index in [1.807, 2.05) is 6.07 Å². The normalized spacial score (nSPS) is 28.3. The zero-order valence-electron chi connectivity index (χ0n) is 14.1. The molecular formula is C20H30O. The molecule has 1 saturated carbocycles. The van der Waals surface area contributed by atoms with E-state index >= 15 is 0 Å². The van der Waals surface area contributed by atoms with Gasteiger partial charge in [0.1, 0.15) is 5.78 Å². The van der Waals surface area contributed by atoms with Crippen LogP contribution in [0.2, 0.25) is 0 Å². The molecule has 1 aliphatic rings. The molecule has 0 spiro atoms. The van der Waals surface area contributed by atoms with Gasteiger partial charge in [0.2, 0.25) is 0 Å². The largest absolute Gasteiger partial charge is 0.299 e. The van der Waals surface area contributed by atoms with Gasteiger partial charge < -0.3 is 0 Å². The fourth-order valence-electron chi connectivity index (χ4n) is 4.60. The van der Waals surface area contributed by atoms with Gasteiger partial charge in [-0.1, -0.05) is 58.0 Å². The van der Waals surface area contributed by atoms with Crippen LogP contribution in [0.4, 0.5) is 0 Å². The first-order valence-electron chi connectivity index (χ1n) is 8.38. The quantitative estimate of drug-likeness (QED) is 0.705. The van der Waals surface area contributed by atoms with Gasteiger partial charge in [-0.15, -0.1) is 0 Å². The molecule has 1 aromatic rings. The van der Waals surface area contributed by atoms with Gasteiger partial charge in [0.25, 0.3) is 0 Å². The molecule has 1 heteroatoms. The zero-order chi connectivity index (χ0) is 15.5. The number of hydrogen-bond acceptors (Lipinski definition) is 1. The fourth-order valence-corrected chi connectivity index (χ4v) is 4.60. The standard InChI is InChI=1S/C20H30O/c1-16-13-19(2,3)15-20(4,14-16)18(21)12-8-11-17-9-6-5-7-10-17/h5-7,9-10,16H,8,11-15H2,1-4H3. The maximum atomic E-state index is 12.7. The van der Waals surface area contributed by atoms with E-state index in [9.17, 15) is 4.79 Å². The fraction of sp³-hybridized carbons (Fsp3) is 0.650. The average Bonchev–Trinajstić information content (AvgIpc) is 2.37. The number of carbonyl (C=O) groups is 1. The van der Waals surface area contributed by atoms with Gasteiger partial charge in [-0.3, -0.25) is 4.79 Å². The molecule has 1 fully saturated rings. The lowest BCUT2D eigenvalue weighted by molar-refractivity contribution is -0.133. The van der Waals surface area contributed by atoms with Gasteiger partial charge in [-0.2, -0.15) is 0 Å². The van der Waals surface area contributed by atoms with E-state index in [1.54, 1.807) is 0 Å². The Balaban J connectivity index is 1.90. The van der Waals surface area contributed by atoms with Crippen molar-refractivity contribution in [1.82, 2.24) is 0 Å². The Morgan fingerprint density at radius 1 is 1.14 bits per heavy atom. The molecule has 0 N–H and O–H groups in total. The van der Waals surface area contributed by atoms with Crippen molar-refractivity contribution < 1.29 is 4.79 Å². The monoisotopic (exact) mass is 286 g/mol. The number of benzene rings is 1. The second-order valence-corrected chi connectivity index (χ2v) is 8.18. The molecule has 2 atom stereocenters. The molecule has 116 valence electrons. The summed E-state index contributed by atoms with van der Waals surface area (Å²) in [6, 6.07) is 10.5. The number of ketones is 1. The molecule has 2 unspecified atom stereocenters. The predicted molar refractivity (Wildman–Crippen MR) is 89.3 cm³/mol. The first kappa shape index (κ1) is 16.3. The number of rotatable bonds is 5. The summed E-state index contributed by atoms with van der Waals surface area (Å²) in [4.78, 5) is 12.7. The van der Waals surface area contributed by atoms with Crippen LogP contribution in [-0.4, -0.2) is 5.78 Å². The summed E-state index contributed by atoms with van der Waals surface area (Å²) < 4.78 is 0. The highest BCUT2D eigenvalue weighted by atomic mass is 16.1. The molecule has 1 aliphatic carbocycles. The van der Waals surface area contributed by atoms with E-state index in [-0.39, 0.29) is 5.41 Å². The molecule has 0 aromatic heterocycles. The van der Waals surface area contributed by atoms with Crippen LogP contribution in [0.25, 0.3) is 0 Å². The van der Waals surface area contributed by atoms with Crippen LogP contribution in [0.15, 0.2) is 30.3 Å². The SMILES string of the molecule is CC1CC(C)(C)CC(C)(C(=O)CCCc2ccccc2)C1. The number of aryl methyl sites for hydroxylation is 1. The molecule has 2 rings (SSSR count). The average molecular weight is 286 g/mol. The van der Waals surface area contributed by atoms with Crippen LogP contribution < -0.4 is 0 Å². The van der Waals surface area contributed by atoms with E-state index in [4.69, 9.17) is 0 Å². The lowest BCUT2D eigenvalue weighted by atomic mass is 9.59. The van der Waals surface area contributed by atoms with Crippen molar-refractivity contribution in [3.63, 3.8) is 0 Å². The van der Waals surface area contributed by atoms with E-state index in [1.165, 1.54) is 12.0 Å². The topological polar surface area (TPSA) is 17.1 Å². The molecule has 0 bridgehead atoms. The third-order valence-corrected chi connectivity index (χ3v) is 4.95. The van der Waals surface area contributed by atoms with Crippen molar-refractivity contribution in [3.8, 4) is 0 Å². The molecule has 0 heterocycles. The van der Waals surface area contributed by atoms with Gasteiger partial charge in [0, 0.05) is 11.8 Å². The summed E-state index contributed by atoms with van der Waals surface area (Å²) in [6.07, 6.45) is 6.10. The second kappa shape index (κ2) is 6.34. The lowest BCUT2D eigenvalue weighted by Gasteiger charge is -2.45. The van der Waals surface area contributed by atoms with Gasteiger partial charge >= 0.3 is 0 Å². The molecule has 0 aliphatic heterocycles. The summed E-state index contributed by atoms with van der Waals surface area (Å²) in [5.41, 5.74) is 1.55. The summed E-state index contributed by atoms with van der Waals surface area (Å²) in [5.74, 6) is 1.15. The number of hydrogen-bond donors (Lipinski definition) is 0. The summed E-state index contributed by atoms with van der Waals surface area (Å²) >= 11 is 0. The van der Waals surface area contributed by atoms with E-state index in [0.29, 0.717) is 17.1 Å². The van der Waals surface area contributed by atoms with Crippen molar-refractivity contribution in [2.75, 3.05) is 0 Å². The third kappa shape index (κ3) is 4.43. The molecule has 0 amide bonds. The summed E-state index contributed by atoms with van der Waals surface area (Å²) in [5, 5.41) is 0. The maximum absolute atomic E-state index is 12.7. The Labute approximate surface area is 130 Å². The first-order valence-corrected chi connectivity index (χ1v) is 8.38. The van der Waals surface area contributed by atoms with Crippen LogP contribution in [0.5, 0.6) is 0 Å². The smallest absolute Gasteiger partial charge is 0.138 e. The van der Waals surface area contributed by atoms with Crippen molar-refractivity contribution in [1.29, 1.82) is 0 Å². The molecule has 1 aromatic carbocycles. The molecule has 1 nitrogen and oxygen atoms in total. The lowest BCUT2D eigenvalue weighted by Crippen LogP contribution is -2.40. The highest BCUT2D eigenvalue weighted by molar-refractivity contribution is 5.84. The molecular weight excluding hydrogens is 256 g/mol. The third-order valence-electron chi connectivity index (χ3n) is 4.95. The minimum atomic E-state index is -0.0994. The first-order chi connectivity index (χ1) is 9.81. The Kier molecular flexibility index (Phi) is 4.91.